The summed E-state index contributed by atoms with van der Waals surface area (Å²) in [5.74, 6) is 0.162. The lowest BCUT2D eigenvalue weighted by atomic mass is 10.1. The second-order valence-electron chi connectivity index (χ2n) is 7.41. The van der Waals surface area contributed by atoms with Crippen molar-refractivity contribution in [2.24, 2.45) is 0 Å². The topological polar surface area (TPSA) is 77.1 Å². The fourth-order valence-electron chi connectivity index (χ4n) is 3.52. The molecule has 6 nitrogen and oxygen atoms in total. The lowest BCUT2D eigenvalue weighted by Crippen LogP contribution is -2.12. The molecule has 3 aromatic carbocycles. The van der Waals surface area contributed by atoms with Crippen LogP contribution in [-0.2, 0) is 0 Å². The molecule has 0 saturated heterocycles. The zero-order chi connectivity index (χ0) is 22.1. The number of nitrogens with zero attached hydrogens (tertiary/aromatic N) is 2. The normalized spacial score (nSPS) is 10.9. The maximum Gasteiger partial charge on any atom is 0.259 e. The first-order chi connectivity index (χ1) is 15.6. The van der Waals surface area contributed by atoms with Crippen LogP contribution in [0.4, 0.5) is 5.69 Å². The molecule has 2 aromatic heterocycles. The van der Waals surface area contributed by atoms with E-state index in [4.69, 9.17) is 4.42 Å². The molecular formula is C26H19N3O3. The van der Waals surface area contributed by atoms with Crippen LogP contribution in [0.3, 0.4) is 0 Å². The third kappa shape index (κ3) is 3.70. The van der Waals surface area contributed by atoms with E-state index in [9.17, 15) is 9.59 Å². The minimum absolute atomic E-state index is 0.0285. The number of anilines is 1. The minimum atomic E-state index is -0.321. The number of para-hydroxylation sites is 2. The summed E-state index contributed by atoms with van der Waals surface area (Å²) in [4.78, 5) is 24.7. The average molecular weight is 421 g/mol. The fourth-order valence-corrected chi connectivity index (χ4v) is 3.52. The molecule has 156 valence electrons. The van der Waals surface area contributed by atoms with Gasteiger partial charge < -0.3 is 9.73 Å². The van der Waals surface area contributed by atoms with Crippen LogP contribution in [0.15, 0.2) is 95.5 Å². The van der Waals surface area contributed by atoms with Crippen molar-refractivity contribution < 1.29 is 14.0 Å². The SMILES string of the molecule is CC(=O)c1ccc(NC(=O)c2cn(-c3ccccc3)nc2-c2cc3ccccc3o2)cc1. The molecule has 5 aromatic rings. The molecule has 0 aliphatic carbocycles. The van der Waals surface area contributed by atoms with E-state index in [1.807, 2.05) is 60.7 Å². The van der Waals surface area contributed by atoms with Gasteiger partial charge in [-0.3, -0.25) is 9.59 Å². The van der Waals surface area contributed by atoms with Crippen LogP contribution >= 0.6 is 0 Å². The Labute approximate surface area is 184 Å². The summed E-state index contributed by atoms with van der Waals surface area (Å²) in [5.41, 5.74) is 3.55. The summed E-state index contributed by atoms with van der Waals surface area (Å²) in [6.45, 7) is 1.51. The van der Waals surface area contributed by atoms with E-state index in [0.717, 1.165) is 16.7 Å². The Hall–Kier alpha value is -4.45. The van der Waals surface area contributed by atoms with E-state index in [1.165, 1.54) is 6.92 Å². The highest BCUT2D eigenvalue weighted by molar-refractivity contribution is 6.08. The Balaban J connectivity index is 1.55. The molecule has 0 aliphatic heterocycles. The summed E-state index contributed by atoms with van der Waals surface area (Å²) < 4.78 is 7.66. The molecule has 0 aliphatic rings. The monoisotopic (exact) mass is 421 g/mol. The molecule has 0 unspecified atom stereocenters. The third-order valence-corrected chi connectivity index (χ3v) is 5.19. The van der Waals surface area contributed by atoms with Gasteiger partial charge in [-0.1, -0.05) is 36.4 Å². The summed E-state index contributed by atoms with van der Waals surface area (Å²) in [6.07, 6.45) is 1.69. The molecule has 1 N–H and O–H groups in total. The number of carbonyl (C=O) groups is 2. The van der Waals surface area contributed by atoms with Gasteiger partial charge in [-0.2, -0.15) is 5.10 Å². The Morgan fingerprint density at radius 2 is 1.62 bits per heavy atom. The van der Waals surface area contributed by atoms with Crippen molar-refractivity contribution in [2.75, 3.05) is 5.32 Å². The molecule has 2 heterocycles. The van der Waals surface area contributed by atoms with Crippen LogP contribution in [0.1, 0.15) is 27.6 Å². The molecule has 0 spiro atoms. The van der Waals surface area contributed by atoms with Crippen LogP contribution in [0, 0.1) is 0 Å². The van der Waals surface area contributed by atoms with Crippen molar-refractivity contribution in [3.05, 3.63) is 102 Å². The minimum Gasteiger partial charge on any atom is -0.454 e. The predicted octanol–water partition coefficient (Wildman–Crippen LogP) is 5.74. The number of furan rings is 1. The number of hydrogen-bond acceptors (Lipinski definition) is 4. The van der Waals surface area contributed by atoms with Gasteiger partial charge in [0, 0.05) is 22.8 Å². The first-order valence-electron chi connectivity index (χ1n) is 10.1. The molecule has 5 rings (SSSR count). The highest BCUT2D eigenvalue weighted by atomic mass is 16.3. The fraction of sp³-hybridized carbons (Fsp3) is 0.0385. The number of fused-ring (bicyclic) bond motifs is 1. The van der Waals surface area contributed by atoms with Gasteiger partial charge >= 0.3 is 0 Å². The van der Waals surface area contributed by atoms with Gasteiger partial charge in [-0.05, 0) is 55.5 Å². The van der Waals surface area contributed by atoms with E-state index >= 15 is 0 Å². The first-order valence-corrected chi connectivity index (χ1v) is 10.1. The van der Waals surface area contributed by atoms with Gasteiger partial charge in [-0.25, -0.2) is 4.68 Å². The van der Waals surface area contributed by atoms with Gasteiger partial charge in [0.2, 0.25) is 0 Å². The number of rotatable bonds is 5. The lowest BCUT2D eigenvalue weighted by molar-refractivity contribution is 0.101. The molecule has 1 amide bonds. The molecule has 0 saturated carbocycles. The summed E-state index contributed by atoms with van der Waals surface area (Å²) >= 11 is 0. The Morgan fingerprint density at radius 1 is 0.906 bits per heavy atom. The molecule has 32 heavy (non-hydrogen) atoms. The number of benzene rings is 3. The van der Waals surface area contributed by atoms with E-state index in [1.54, 1.807) is 35.1 Å². The second-order valence-corrected chi connectivity index (χ2v) is 7.41. The first kappa shape index (κ1) is 19.5. The maximum atomic E-state index is 13.2. The van der Waals surface area contributed by atoms with Gasteiger partial charge in [0.25, 0.3) is 5.91 Å². The smallest absolute Gasteiger partial charge is 0.259 e. The molecule has 6 heteroatoms. The zero-order valence-electron chi connectivity index (χ0n) is 17.3. The predicted molar refractivity (Wildman–Crippen MR) is 123 cm³/mol. The Morgan fingerprint density at radius 3 is 2.34 bits per heavy atom. The van der Waals surface area contributed by atoms with Crippen molar-refractivity contribution in [3.8, 4) is 17.1 Å². The Kier molecular flexibility index (Phi) is 4.88. The Bertz CT molecular complexity index is 1400. The van der Waals surface area contributed by atoms with Crippen LogP contribution in [0.5, 0.6) is 0 Å². The van der Waals surface area contributed by atoms with E-state index in [2.05, 4.69) is 10.4 Å². The van der Waals surface area contributed by atoms with Gasteiger partial charge in [-0.15, -0.1) is 0 Å². The summed E-state index contributed by atoms with van der Waals surface area (Å²) in [7, 11) is 0. The number of carbonyl (C=O) groups excluding carboxylic acids is 2. The quantitative estimate of drug-likeness (QED) is 0.367. The van der Waals surface area contributed by atoms with E-state index < -0.39 is 0 Å². The molecular weight excluding hydrogens is 402 g/mol. The van der Waals surface area contributed by atoms with Crippen molar-refractivity contribution in [3.63, 3.8) is 0 Å². The van der Waals surface area contributed by atoms with Crippen molar-refractivity contribution in [1.29, 1.82) is 0 Å². The van der Waals surface area contributed by atoms with Crippen LogP contribution in [0.25, 0.3) is 28.1 Å². The largest absolute Gasteiger partial charge is 0.454 e. The summed E-state index contributed by atoms with van der Waals surface area (Å²) in [5, 5.41) is 8.48. The third-order valence-electron chi connectivity index (χ3n) is 5.19. The lowest BCUT2D eigenvalue weighted by Gasteiger charge is -2.05. The van der Waals surface area contributed by atoms with Crippen LogP contribution < -0.4 is 5.32 Å². The summed E-state index contributed by atoms with van der Waals surface area (Å²) in [6, 6.07) is 25.9. The second kappa shape index (κ2) is 8.00. The van der Waals surface area contributed by atoms with Crippen LogP contribution in [-0.4, -0.2) is 21.5 Å². The molecule has 0 fully saturated rings. The maximum absolute atomic E-state index is 13.2. The average Bonchev–Trinajstić information content (AvgIpc) is 3.44. The zero-order valence-corrected chi connectivity index (χ0v) is 17.3. The van der Waals surface area contributed by atoms with Gasteiger partial charge in [0.1, 0.15) is 11.3 Å². The van der Waals surface area contributed by atoms with Gasteiger partial charge in [0.05, 0.1) is 11.3 Å². The van der Waals surface area contributed by atoms with Gasteiger partial charge in [0.15, 0.2) is 11.5 Å². The van der Waals surface area contributed by atoms with Crippen molar-refractivity contribution in [2.45, 2.75) is 6.92 Å². The number of amides is 1. The van der Waals surface area contributed by atoms with E-state index in [-0.39, 0.29) is 11.7 Å². The van der Waals surface area contributed by atoms with Crippen LogP contribution in [0.2, 0.25) is 0 Å². The number of Topliss-reactive ketones (excluding diaryl/α,β-unsaturated/α-hetero) is 1. The number of hydrogen-bond donors (Lipinski definition) is 1. The number of aromatic nitrogens is 2. The number of ketones is 1. The standard InChI is InChI=1S/C26H19N3O3/c1-17(30)18-11-13-20(14-12-18)27-26(31)22-16-29(21-8-3-2-4-9-21)28-25(22)24-15-19-7-5-6-10-23(19)32-24/h2-16H,1H3,(H,27,31). The van der Waals surface area contributed by atoms with E-state index in [0.29, 0.717) is 28.3 Å². The highest BCUT2D eigenvalue weighted by Gasteiger charge is 2.22. The molecule has 0 atom stereocenters. The number of nitrogens with one attached hydrogen (secondary N) is 1. The molecule has 0 bridgehead atoms. The highest BCUT2D eigenvalue weighted by Crippen LogP contribution is 2.30. The van der Waals surface area contributed by atoms with Crippen molar-refractivity contribution >= 4 is 28.3 Å². The van der Waals surface area contributed by atoms with Crippen molar-refractivity contribution in [1.82, 2.24) is 9.78 Å². The molecule has 0 radical (unpaired) electrons.